The molecule has 1 aromatic carbocycles. The molecule has 0 bridgehead atoms. The van der Waals surface area contributed by atoms with E-state index in [9.17, 15) is 18.0 Å². The van der Waals surface area contributed by atoms with E-state index in [0.29, 0.717) is 17.8 Å². The first-order valence-corrected chi connectivity index (χ1v) is 8.61. The average molecular weight is 348 g/mol. The molecular weight excluding hydrogens is 329 g/mol. The maximum absolute atomic E-state index is 13.2. The van der Waals surface area contributed by atoms with E-state index in [2.05, 4.69) is 17.2 Å². The molecule has 0 N–H and O–H groups in total. The van der Waals surface area contributed by atoms with E-state index >= 15 is 0 Å². The molecule has 2 fully saturated rings. The molecule has 0 amide bonds. The Hall–Kier alpha value is -1.98. The minimum absolute atomic E-state index is 0.0498. The zero-order chi connectivity index (χ0) is 17.9. The molecule has 1 heterocycles. The number of alkyl halides is 3. The van der Waals surface area contributed by atoms with Crippen molar-refractivity contribution in [3.05, 3.63) is 41.0 Å². The molecule has 132 valence electrons. The van der Waals surface area contributed by atoms with Gasteiger partial charge in [-0.1, -0.05) is 36.8 Å². The van der Waals surface area contributed by atoms with Crippen molar-refractivity contribution in [2.45, 2.75) is 50.9 Å². The van der Waals surface area contributed by atoms with Gasteiger partial charge in [0.2, 0.25) is 0 Å². The Balaban J connectivity index is 1.67. The summed E-state index contributed by atoms with van der Waals surface area (Å²) in [5.74, 6) is 0.392. The highest BCUT2D eigenvalue weighted by Crippen LogP contribution is 2.55. The van der Waals surface area contributed by atoms with E-state index < -0.39 is 11.8 Å². The van der Waals surface area contributed by atoms with E-state index in [1.165, 1.54) is 17.7 Å². The molecule has 6 heteroatoms. The molecule has 0 saturated heterocycles. The van der Waals surface area contributed by atoms with Crippen LogP contribution in [0.3, 0.4) is 0 Å². The summed E-state index contributed by atoms with van der Waals surface area (Å²) in [6.07, 6.45) is 1.63. The maximum atomic E-state index is 13.2. The summed E-state index contributed by atoms with van der Waals surface area (Å²) in [5, 5.41) is 6.54. The number of rotatable bonds is 2. The van der Waals surface area contributed by atoms with Gasteiger partial charge in [0.15, 0.2) is 0 Å². The topological polar surface area (TPSA) is 41.8 Å². The van der Waals surface area contributed by atoms with Gasteiger partial charge in [0.25, 0.3) is 0 Å². The first kappa shape index (κ1) is 16.5. The Kier molecular flexibility index (Phi) is 3.47. The van der Waals surface area contributed by atoms with Crippen LogP contribution in [0.25, 0.3) is 6.08 Å². The van der Waals surface area contributed by atoms with Gasteiger partial charge in [-0.25, -0.2) is 0 Å². The summed E-state index contributed by atoms with van der Waals surface area (Å²) in [6, 6.07) is 6.34. The van der Waals surface area contributed by atoms with Crippen molar-refractivity contribution in [3.63, 3.8) is 0 Å². The third-order valence-electron chi connectivity index (χ3n) is 6.04. The maximum Gasteiger partial charge on any atom is 0.442 e. The number of ketones is 1. The Morgan fingerprint density at radius 1 is 1.24 bits per heavy atom. The molecule has 2 atom stereocenters. The van der Waals surface area contributed by atoms with Crippen molar-refractivity contribution in [2.75, 3.05) is 0 Å². The molecule has 2 saturated carbocycles. The van der Waals surface area contributed by atoms with Crippen LogP contribution in [0.4, 0.5) is 13.2 Å². The van der Waals surface area contributed by atoms with Gasteiger partial charge < -0.3 is 0 Å². The number of fused-ring (bicyclic) bond motifs is 1. The Bertz CT molecular complexity index is 790. The quantitative estimate of drug-likeness (QED) is 0.703. The van der Waals surface area contributed by atoms with Gasteiger partial charge in [0.1, 0.15) is 5.78 Å². The lowest BCUT2D eigenvalue weighted by Crippen LogP contribution is -2.33. The van der Waals surface area contributed by atoms with Crippen LogP contribution < -0.4 is 0 Å². The van der Waals surface area contributed by atoms with Gasteiger partial charge in [0, 0.05) is 17.9 Å². The minimum Gasteiger partial charge on any atom is -0.299 e. The van der Waals surface area contributed by atoms with Crippen LogP contribution >= 0.6 is 0 Å². The van der Waals surface area contributed by atoms with Gasteiger partial charge in [-0.15, -0.1) is 10.2 Å². The van der Waals surface area contributed by atoms with E-state index in [0.717, 1.165) is 25.7 Å². The number of carbonyl (C=O) groups is 1. The zero-order valence-electron chi connectivity index (χ0n) is 13.9. The van der Waals surface area contributed by atoms with Crippen LogP contribution in [0.2, 0.25) is 0 Å². The number of hydrogen-bond acceptors (Lipinski definition) is 3. The summed E-state index contributed by atoms with van der Waals surface area (Å²) in [6.45, 7) is 2.13. The fourth-order valence-electron chi connectivity index (χ4n) is 4.51. The lowest BCUT2D eigenvalue weighted by molar-refractivity contribution is -0.166. The average Bonchev–Trinajstić information content (AvgIpc) is 3.29. The van der Waals surface area contributed by atoms with Crippen molar-refractivity contribution < 1.29 is 18.0 Å². The standard InChI is InChI=1S/C19H19F3N2O/c1-17-9-3-6-16(25)15(17)8-7-13(17)10-12-4-2-5-14(11-12)18(23-24-18)19(20,21)22/h2,4-5,10-11,15H,3,6-9H2,1H3/b13-10-/t15-,17+/m0/s1. The lowest BCUT2D eigenvalue weighted by atomic mass is 9.67. The molecule has 0 radical (unpaired) electrons. The summed E-state index contributed by atoms with van der Waals surface area (Å²) >= 11 is 0. The zero-order valence-corrected chi connectivity index (χ0v) is 13.9. The second-order valence-electron chi connectivity index (χ2n) is 7.49. The number of halogens is 3. The van der Waals surface area contributed by atoms with Gasteiger partial charge in [0.05, 0.1) is 0 Å². The number of Topliss-reactive ketones (excluding diaryl/α,β-unsaturated/α-hetero) is 1. The normalized spacial score (nSPS) is 32.1. The molecule has 3 nitrogen and oxygen atoms in total. The van der Waals surface area contributed by atoms with Gasteiger partial charge in [-0.3, -0.25) is 4.79 Å². The first-order chi connectivity index (χ1) is 11.8. The number of hydrogen-bond donors (Lipinski definition) is 0. The summed E-state index contributed by atoms with van der Waals surface area (Å²) in [5.41, 5.74) is -0.596. The summed E-state index contributed by atoms with van der Waals surface area (Å²) < 4.78 is 39.6. The predicted molar refractivity (Wildman–Crippen MR) is 86.7 cm³/mol. The highest BCUT2D eigenvalue weighted by molar-refractivity contribution is 5.84. The predicted octanol–water partition coefficient (Wildman–Crippen LogP) is 5.42. The summed E-state index contributed by atoms with van der Waals surface area (Å²) in [7, 11) is 0. The monoisotopic (exact) mass is 348 g/mol. The molecule has 0 unspecified atom stereocenters. The Morgan fingerprint density at radius 2 is 2.00 bits per heavy atom. The van der Waals surface area contributed by atoms with Crippen molar-refractivity contribution in [2.24, 2.45) is 21.6 Å². The van der Waals surface area contributed by atoms with Gasteiger partial charge in [-0.05, 0) is 42.7 Å². The smallest absolute Gasteiger partial charge is 0.299 e. The second-order valence-corrected chi connectivity index (χ2v) is 7.49. The molecule has 1 aromatic rings. The lowest BCUT2D eigenvalue weighted by Gasteiger charge is -2.36. The number of nitrogens with zero attached hydrogens (tertiary/aromatic N) is 2. The van der Waals surface area contributed by atoms with Crippen LogP contribution in [0.15, 0.2) is 40.1 Å². The highest BCUT2D eigenvalue weighted by Gasteiger charge is 2.65. The van der Waals surface area contributed by atoms with Gasteiger partial charge in [-0.2, -0.15) is 13.2 Å². The third kappa shape index (κ3) is 2.45. The second kappa shape index (κ2) is 5.26. The molecule has 25 heavy (non-hydrogen) atoms. The fourth-order valence-corrected chi connectivity index (χ4v) is 4.51. The molecule has 0 spiro atoms. The third-order valence-corrected chi connectivity index (χ3v) is 6.04. The van der Waals surface area contributed by atoms with Crippen molar-refractivity contribution in [3.8, 4) is 0 Å². The highest BCUT2D eigenvalue weighted by atomic mass is 19.4. The van der Waals surface area contributed by atoms with Crippen LogP contribution in [-0.4, -0.2) is 12.0 Å². The molecule has 4 rings (SSSR count). The minimum atomic E-state index is -4.51. The molecular formula is C19H19F3N2O. The number of allylic oxidation sites excluding steroid dienone is 1. The Labute approximate surface area is 144 Å². The Morgan fingerprint density at radius 3 is 2.68 bits per heavy atom. The van der Waals surface area contributed by atoms with Crippen molar-refractivity contribution in [1.82, 2.24) is 0 Å². The van der Waals surface area contributed by atoms with Crippen molar-refractivity contribution >= 4 is 11.9 Å². The van der Waals surface area contributed by atoms with Crippen LogP contribution in [0.1, 0.15) is 50.2 Å². The molecule has 1 aliphatic heterocycles. The number of carbonyl (C=O) groups excluding carboxylic acids is 1. The molecule has 2 aliphatic carbocycles. The van der Waals surface area contributed by atoms with E-state index in [4.69, 9.17) is 0 Å². The molecule has 0 aromatic heterocycles. The van der Waals surface area contributed by atoms with E-state index in [1.807, 2.05) is 6.08 Å². The van der Waals surface area contributed by atoms with E-state index in [1.54, 1.807) is 12.1 Å². The SMILES string of the molecule is C[C@]12CCCC(=O)[C@@H]1CC/C2=C/c1cccc(C2(C(F)(F)F)N=N2)c1. The van der Waals surface area contributed by atoms with E-state index in [-0.39, 0.29) is 16.9 Å². The molecule has 3 aliphatic rings. The first-order valence-electron chi connectivity index (χ1n) is 8.61. The van der Waals surface area contributed by atoms with Crippen molar-refractivity contribution in [1.29, 1.82) is 0 Å². The number of benzene rings is 1. The fraction of sp³-hybridized carbons (Fsp3) is 0.526. The summed E-state index contributed by atoms with van der Waals surface area (Å²) in [4.78, 5) is 12.2. The van der Waals surface area contributed by atoms with Crippen LogP contribution in [0.5, 0.6) is 0 Å². The largest absolute Gasteiger partial charge is 0.442 e. The van der Waals surface area contributed by atoms with Crippen LogP contribution in [-0.2, 0) is 10.5 Å². The van der Waals surface area contributed by atoms with Crippen LogP contribution in [0, 0.1) is 11.3 Å². The van der Waals surface area contributed by atoms with Gasteiger partial charge >= 0.3 is 11.8 Å².